The Morgan fingerprint density at radius 3 is 2.46 bits per heavy atom. The smallest absolute Gasteiger partial charge is 0.311 e. The van der Waals surface area contributed by atoms with Crippen LogP contribution in [0.3, 0.4) is 0 Å². The van der Waals surface area contributed by atoms with E-state index in [1.165, 1.54) is 13.1 Å². The second-order valence-corrected chi connectivity index (χ2v) is 5.57. The highest BCUT2D eigenvalue weighted by Gasteiger charge is 2.05. The first-order valence-electron chi connectivity index (χ1n) is 7.45. The van der Waals surface area contributed by atoms with Crippen molar-refractivity contribution in [3.05, 3.63) is 92.3 Å². The van der Waals surface area contributed by atoms with Gasteiger partial charge in [0, 0.05) is 25.2 Å². The van der Waals surface area contributed by atoms with Crippen LogP contribution in [0, 0.1) is 11.3 Å². The summed E-state index contributed by atoms with van der Waals surface area (Å²) in [6.45, 7) is 0. The molecule has 1 N–H and O–H groups in total. The van der Waals surface area contributed by atoms with Gasteiger partial charge < -0.3 is 4.98 Å². The van der Waals surface area contributed by atoms with Crippen molar-refractivity contribution in [1.82, 2.24) is 9.55 Å². The van der Waals surface area contributed by atoms with E-state index in [4.69, 9.17) is 5.26 Å². The Morgan fingerprint density at radius 1 is 1.04 bits per heavy atom. The number of nitrogens with zero attached hydrogens (tertiary/aromatic N) is 2. The maximum atomic E-state index is 11.7. The molecular formula is C19H15N3O2. The van der Waals surface area contributed by atoms with Crippen molar-refractivity contribution in [3.8, 4) is 17.2 Å². The number of rotatable bonds is 3. The Morgan fingerprint density at radius 2 is 1.75 bits per heavy atom. The van der Waals surface area contributed by atoms with E-state index in [-0.39, 0.29) is 5.56 Å². The molecule has 0 bridgehead atoms. The van der Waals surface area contributed by atoms with Crippen molar-refractivity contribution in [3.63, 3.8) is 0 Å². The Bertz CT molecular complexity index is 1020. The fourth-order valence-electron chi connectivity index (χ4n) is 2.55. The molecule has 0 aliphatic carbocycles. The minimum Gasteiger partial charge on any atom is -0.311 e. The lowest BCUT2D eigenvalue weighted by molar-refractivity contribution is 0.758. The van der Waals surface area contributed by atoms with Crippen LogP contribution in [-0.2, 0) is 13.5 Å². The van der Waals surface area contributed by atoms with E-state index in [9.17, 15) is 9.59 Å². The van der Waals surface area contributed by atoms with Crippen molar-refractivity contribution >= 4 is 0 Å². The number of hydrogen-bond donors (Lipinski definition) is 1. The van der Waals surface area contributed by atoms with E-state index in [1.54, 1.807) is 6.07 Å². The molecule has 24 heavy (non-hydrogen) atoms. The first kappa shape index (κ1) is 15.5. The molecule has 118 valence electrons. The van der Waals surface area contributed by atoms with E-state index in [2.05, 4.69) is 11.1 Å². The molecule has 0 atom stereocenters. The van der Waals surface area contributed by atoms with E-state index in [0.29, 0.717) is 17.7 Å². The molecule has 0 amide bonds. The minimum absolute atomic E-state index is 0.327. The van der Waals surface area contributed by atoms with Gasteiger partial charge >= 0.3 is 5.69 Å². The Labute approximate surface area is 138 Å². The van der Waals surface area contributed by atoms with Crippen molar-refractivity contribution < 1.29 is 0 Å². The van der Waals surface area contributed by atoms with Gasteiger partial charge in [0.1, 0.15) is 0 Å². The predicted molar refractivity (Wildman–Crippen MR) is 91.7 cm³/mol. The summed E-state index contributed by atoms with van der Waals surface area (Å²) in [5.74, 6) is 0. The SMILES string of the molecule is Cn1c(=O)cc(Cc2cccc(-c3cccc(C#N)c3)c2)[nH]c1=O. The van der Waals surface area contributed by atoms with Crippen molar-refractivity contribution in [2.75, 3.05) is 0 Å². The fraction of sp³-hybridized carbons (Fsp3) is 0.105. The van der Waals surface area contributed by atoms with Crippen LogP contribution in [0.15, 0.2) is 64.2 Å². The standard InChI is InChI=1S/C19H15N3O2/c1-22-18(23)11-17(21-19(22)24)10-13-4-2-6-15(8-13)16-7-3-5-14(9-16)12-20/h2-9,11H,10H2,1H3,(H,21,24). The third-order valence-electron chi connectivity index (χ3n) is 3.85. The number of H-pyrrole nitrogens is 1. The summed E-state index contributed by atoms with van der Waals surface area (Å²) in [5, 5.41) is 9.02. The topological polar surface area (TPSA) is 78.7 Å². The van der Waals surface area contributed by atoms with Gasteiger partial charge in [-0.05, 0) is 28.8 Å². The largest absolute Gasteiger partial charge is 0.328 e. The summed E-state index contributed by atoms with van der Waals surface area (Å²) < 4.78 is 1.04. The zero-order chi connectivity index (χ0) is 17.1. The molecular weight excluding hydrogens is 302 g/mol. The number of nitrogens with one attached hydrogen (secondary N) is 1. The molecule has 0 saturated heterocycles. The maximum Gasteiger partial charge on any atom is 0.328 e. The second-order valence-electron chi connectivity index (χ2n) is 5.57. The van der Waals surface area contributed by atoms with Crippen LogP contribution in [0.5, 0.6) is 0 Å². The zero-order valence-electron chi connectivity index (χ0n) is 13.1. The quantitative estimate of drug-likeness (QED) is 0.804. The highest BCUT2D eigenvalue weighted by Crippen LogP contribution is 2.22. The van der Waals surface area contributed by atoms with Gasteiger partial charge in [-0.2, -0.15) is 5.26 Å². The summed E-state index contributed by atoms with van der Waals surface area (Å²) in [5.41, 5.74) is 3.34. The van der Waals surface area contributed by atoms with Gasteiger partial charge in [-0.25, -0.2) is 4.79 Å². The zero-order valence-corrected chi connectivity index (χ0v) is 13.1. The summed E-state index contributed by atoms with van der Waals surface area (Å²) >= 11 is 0. The van der Waals surface area contributed by atoms with E-state index < -0.39 is 5.69 Å². The third kappa shape index (κ3) is 3.18. The van der Waals surface area contributed by atoms with Crippen LogP contribution < -0.4 is 11.2 Å². The number of nitriles is 1. The van der Waals surface area contributed by atoms with Crippen LogP contribution in [-0.4, -0.2) is 9.55 Å². The van der Waals surface area contributed by atoms with Crippen LogP contribution in [0.2, 0.25) is 0 Å². The summed E-state index contributed by atoms with van der Waals surface area (Å²) in [6.07, 6.45) is 0.455. The molecule has 3 rings (SSSR count). The molecule has 1 heterocycles. The number of aromatic nitrogens is 2. The molecule has 0 aliphatic heterocycles. The van der Waals surface area contributed by atoms with Crippen LogP contribution in [0.25, 0.3) is 11.1 Å². The average molecular weight is 317 g/mol. The molecule has 0 saturated carbocycles. The van der Waals surface area contributed by atoms with Gasteiger partial charge in [-0.15, -0.1) is 0 Å². The van der Waals surface area contributed by atoms with Crippen LogP contribution in [0.1, 0.15) is 16.8 Å². The molecule has 3 aromatic rings. The monoisotopic (exact) mass is 317 g/mol. The molecule has 5 nitrogen and oxygen atoms in total. The van der Waals surface area contributed by atoms with Crippen LogP contribution in [0.4, 0.5) is 0 Å². The van der Waals surface area contributed by atoms with Crippen molar-refractivity contribution in [2.45, 2.75) is 6.42 Å². The number of benzene rings is 2. The van der Waals surface area contributed by atoms with Gasteiger partial charge in [0.25, 0.3) is 5.56 Å². The Kier molecular flexibility index (Phi) is 4.13. The van der Waals surface area contributed by atoms with Gasteiger partial charge in [0.2, 0.25) is 0 Å². The van der Waals surface area contributed by atoms with E-state index in [1.807, 2.05) is 42.5 Å². The Hall–Kier alpha value is -3.39. The molecule has 0 radical (unpaired) electrons. The first-order valence-corrected chi connectivity index (χ1v) is 7.45. The molecule has 2 aromatic carbocycles. The van der Waals surface area contributed by atoms with Gasteiger partial charge in [0.15, 0.2) is 0 Å². The van der Waals surface area contributed by atoms with Gasteiger partial charge in [-0.3, -0.25) is 9.36 Å². The number of aromatic amines is 1. The molecule has 0 spiro atoms. The van der Waals surface area contributed by atoms with E-state index in [0.717, 1.165) is 21.3 Å². The van der Waals surface area contributed by atoms with Crippen molar-refractivity contribution in [2.24, 2.45) is 7.05 Å². The predicted octanol–water partition coefficient (Wildman–Crippen LogP) is 2.20. The first-order chi connectivity index (χ1) is 11.6. The highest BCUT2D eigenvalue weighted by molar-refractivity contribution is 5.66. The molecule has 0 aliphatic rings. The second kappa shape index (κ2) is 6.39. The lowest BCUT2D eigenvalue weighted by Crippen LogP contribution is -2.32. The van der Waals surface area contributed by atoms with Crippen LogP contribution >= 0.6 is 0 Å². The summed E-state index contributed by atoms with van der Waals surface area (Å²) in [6, 6.07) is 18.8. The average Bonchev–Trinajstić information content (AvgIpc) is 2.60. The van der Waals surface area contributed by atoms with Gasteiger partial charge in [0.05, 0.1) is 11.6 Å². The minimum atomic E-state index is -0.421. The lowest BCUT2D eigenvalue weighted by Gasteiger charge is -2.07. The van der Waals surface area contributed by atoms with E-state index >= 15 is 0 Å². The maximum absolute atomic E-state index is 11.7. The molecule has 1 aromatic heterocycles. The molecule has 5 heteroatoms. The lowest BCUT2D eigenvalue weighted by atomic mass is 9.99. The fourth-order valence-corrected chi connectivity index (χ4v) is 2.55. The van der Waals surface area contributed by atoms with Gasteiger partial charge in [-0.1, -0.05) is 36.4 Å². The Balaban J connectivity index is 1.95. The normalized spacial score (nSPS) is 10.3. The van der Waals surface area contributed by atoms with Crippen molar-refractivity contribution in [1.29, 1.82) is 5.26 Å². The highest BCUT2D eigenvalue weighted by atomic mass is 16.2. The third-order valence-corrected chi connectivity index (χ3v) is 3.85. The molecule has 0 fully saturated rings. The summed E-state index contributed by atoms with van der Waals surface area (Å²) in [7, 11) is 1.44. The molecule has 0 unspecified atom stereocenters. The summed E-state index contributed by atoms with van der Waals surface area (Å²) in [4.78, 5) is 26.1. The number of hydrogen-bond acceptors (Lipinski definition) is 3.